The highest BCUT2D eigenvalue weighted by molar-refractivity contribution is 5.84. The molecule has 0 radical (unpaired) electrons. The van der Waals surface area contributed by atoms with Crippen molar-refractivity contribution in [3.63, 3.8) is 0 Å². The fourth-order valence-corrected chi connectivity index (χ4v) is 1.82. The van der Waals surface area contributed by atoms with E-state index in [2.05, 4.69) is 10.3 Å². The number of carbonyl (C=O) groups excluding carboxylic acids is 1. The highest BCUT2D eigenvalue weighted by atomic mass is 16.5. The van der Waals surface area contributed by atoms with Gasteiger partial charge in [-0.05, 0) is 36.4 Å². The normalized spacial score (nSPS) is 12.6. The van der Waals surface area contributed by atoms with E-state index in [1.807, 2.05) is 51.2 Å². The smallest absolute Gasteiger partial charge is 0.328 e. The number of benzene rings is 1. The Hall–Kier alpha value is -1.97. The molecule has 0 saturated carbocycles. The molecule has 1 aromatic carbocycles. The molecule has 0 amide bonds. The number of hydrogen-bond donors (Lipinski definition) is 2. The lowest BCUT2D eigenvalue weighted by Crippen LogP contribution is -2.29. The van der Waals surface area contributed by atoms with E-state index in [0.717, 1.165) is 16.6 Å². The van der Waals surface area contributed by atoms with Gasteiger partial charge in [0.2, 0.25) is 0 Å². The molecular formula is C15H20N2O2. The summed E-state index contributed by atoms with van der Waals surface area (Å²) in [4.78, 5) is 14.9. The van der Waals surface area contributed by atoms with Crippen LogP contribution >= 0.6 is 0 Å². The van der Waals surface area contributed by atoms with Crippen molar-refractivity contribution in [2.45, 2.75) is 26.8 Å². The van der Waals surface area contributed by atoms with E-state index in [9.17, 15) is 4.79 Å². The van der Waals surface area contributed by atoms with Gasteiger partial charge in [-0.25, -0.2) is 4.79 Å². The first kappa shape index (κ1) is 13.5. The zero-order chi connectivity index (χ0) is 13.8. The molecule has 0 spiro atoms. The first-order valence-corrected chi connectivity index (χ1v) is 6.56. The lowest BCUT2D eigenvalue weighted by atomic mass is 10.2. The van der Waals surface area contributed by atoms with Crippen LogP contribution in [0.4, 0.5) is 5.69 Å². The Bertz CT molecular complexity index is 560. The zero-order valence-corrected chi connectivity index (χ0v) is 11.6. The van der Waals surface area contributed by atoms with Gasteiger partial charge >= 0.3 is 5.97 Å². The number of aromatic nitrogens is 1. The van der Waals surface area contributed by atoms with E-state index < -0.39 is 0 Å². The first-order valence-electron chi connectivity index (χ1n) is 6.56. The largest absolute Gasteiger partial charge is 0.464 e. The number of esters is 1. The molecule has 2 N–H and O–H groups in total. The van der Waals surface area contributed by atoms with Crippen LogP contribution in [0, 0.1) is 5.92 Å². The van der Waals surface area contributed by atoms with Crippen LogP contribution < -0.4 is 5.32 Å². The number of fused-ring (bicyclic) bond motifs is 1. The van der Waals surface area contributed by atoms with Gasteiger partial charge in [-0.1, -0.05) is 19.9 Å². The maximum Gasteiger partial charge on any atom is 0.328 e. The number of rotatable bonds is 5. The van der Waals surface area contributed by atoms with Crippen LogP contribution in [-0.2, 0) is 9.53 Å². The second-order valence-corrected chi connectivity index (χ2v) is 5.17. The molecule has 0 aliphatic carbocycles. The van der Waals surface area contributed by atoms with E-state index in [-0.39, 0.29) is 12.0 Å². The van der Waals surface area contributed by atoms with E-state index in [4.69, 9.17) is 4.74 Å². The molecule has 1 heterocycles. The summed E-state index contributed by atoms with van der Waals surface area (Å²) in [6, 6.07) is 7.62. The fourth-order valence-electron chi connectivity index (χ4n) is 1.82. The van der Waals surface area contributed by atoms with E-state index in [1.165, 1.54) is 0 Å². The minimum absolute atomic E-state index is 0.222. The first-order chi connectivity index (χ1) is 9.06. The predicted octanol–water partition coefficient (Wildman–Crippen LogP) is 3.17. The van der Waals surface area contributed by atoms with Crippen molar-refractivity contribution in [3.05, 3.63) is 30.5 Å². The topological polar surface area (TPSA) is 54.1 Å². The predicted molar refractivity (Wildman–Crippen MR) is 77.2 cm³/mol. The second-order valence-electron chi connectivity index (χ2n) is 5.17. The molecule has 0 aliphatic heterocycles. The Kier molecular flexibility index (Phi) is 4.10. The van der Waals surface area contributed by atoms with Gasteiger partial charge in [0.15, 0.2) is 0 Å². The van der Waals surface area contributed by atoms with Gasteiger partial charge in [0.1, 0.15) is 6.04 Å². The fraction of sp³-hybridized carbons (Fsp3) is 0.400. The third kappa shape index (κ3) is 3.50. The third-order valence-electron chi connectivity index (χ3n) is 2.85. The van der Waals surface area contributed by atoms with E-state index in [0.29, 0.717) is 12.5 Å². The number of nitrogens with one attached hydrogen (secondary N) is 2. The highest BCUT2D eigenvalue weighted by Gasteiger charge is 2.14. The van der Waals surface area contributed by atoms with Gasteiger partial charge in [-0.15, -0.1) is 0 Å². The van der Waals surface area contributed by atoms with Gasteiger partial charge in [0.25, 0.3) is 0 Å². The highest BCUT2D eigenvalue weighted by Crippen LogP contribution is 2.18. The Morgan fingerprint density at radius 3 is 2.84 bits per heavy atom. The average molecular weight is 260 g/mol. The zero-order valence-electron chi connectivity index (χ0n) is 11.6. The van der Waals surface area contributed by atoms with Crippen LogP contribution in [-0.4, -0.2) is 23.6 Å². The van der Waals surface area contributed by atoms with Crippen LogP contribution in [0.5, 0.6) is 0 Å². The van der Waals surface area contributed by atoms with Gasteiger partial charge in [0, 0.05) is 17.4 Å². The molecule has 19 heavy (non-hydrogen) atoms. The van der Waals surface area contributed by atoms with E-state index >= 15 is 0 Å². The lowest BCUT2D eigenvalue weighted by molar-refractivity contribution is -0.145. The summed E-state index contributed by atoms with van der Waals surface area (Å²) >= 11 is 0. The minimum Gasteiger partial charge on any atom is -0.464 e. The standard InChI is InChI=1S/C15H20N2O2/c1-10(2)9-19-15(18)11(3)17-13-5-4-12-6-7-16-14(12)8-13/h4-8,10-11,16-17H,9H2,1-3H3. The number of carbonyl (C=O) groups is 1. The van der Waals surface area contributed by atoms with Crippen LogP contribution in [0.1, 0.15) is 20.8 Å². The molecule has 0 saturated heterocycles. The molecule has 2 rings (SSSR count). The molecule has 1 aromatic heterocycles. The van der Waals surface area contributed by atoms with Crippen LogP contribution in [0.25, 0.3) is 10.9 Å². The summed E-state index contributed by atoms with van der Waals surface area (Å²) in [5.41, 5.74) is 1.96. The quantitative estimate of drug-likeness (QED) is 0.812. The number of aromatic amines is 1. The number of anilines is 1. The molecule has 102 valence electrons. The van der Waals surface area contributed by atoms with Gasteiger partial charge in [-0.3, -0.25) is 0 Å². The van der Waals surface area contributed by atoms with Crippen LogP contribution in [0.2, 0.25) is 0 Å². The summed E-state index contributed by atoms with van der Waals surface area (Å²) in [6.45, 7) is 6.30. The number of H-pyrrole nitrogens is 1. The summed E-state index contributed by atoms with van der Waals surface area (Å²) < 4.78 is 5.20. The molecule has 0 fully saturated rings. The van der Waals surface area contributed by atoms with Crippen molar-refractivity contribution in [2.75, 3.05) is 11.9 Å². The molecule has 0 bridgehead atoms. The monoisotopic (exact) mass is 260 g/mol. The average Bonchev–Trinajstić information content (AvgIpc) is 2.83. The number of ether oxygens (including phenoxy) is 1. The summed E-state index contributed by atoms with van der Waals surface area (Å²) in [6.07, 6.45) is 1.90. The third-order valence-corrected chi connectivity index (χ3v) is 2.85. The molecule has 1 unspecified atom stereocenters. The van der Waals surface area contributed by atoms with Crippen LogP contribution in [0.3, 0.4) is 0 Å². The number of hydrogen-bond acceptors (Lipinski definition) is 3. The van der Waals surface area contributed by atoms with Crippen LogP contribution in [0.15, 0.2) is 30.5 Å². The van der Waals surface area contributed by atoms with Gasteiger partial charge in [-0.2, -0.15) is 0 Å². The summed E-state index contributed by atoms with van der Waals surface area (Å²) in [5, 5.41) is 4.31. The molecule has 4 heteroatoms. The minimum atomic E-state index is -0.355. The van der Waals surface area contributed by atoms with Crippen molar-refractivity contribution < 1.29 is 9.53 Å². The maximum atomic E-state index is 11.8. The molecule has 2 aromatic rings. The Morgan fingerprint density at radius 1 is 1.32 bits per heavy atom. The molecule has 1 atom stereocenters. The summed E-state index contributed by atoms with van der Waals surface area (Å²) in [7, 11) is 0. The SMILES string of the molecule is CC(C)COC(=O)C(C)Nc1ccc2cc[nH]c2c1. The molecular weight excluding hydrogens is 240 g/mol. The summed E-state index contributed by atoms with van der Waals surface area (Å²) in [5.74, 6) is 0.131. The van der Waals surface area contributed by atoms with Gasteiger partial charge in [0.05, 0.1) is 6.61 Å². The van der Waals surface area contributed by atoms with Crippen molar-refractivity contribution >= 4 is 22.6 Å². The Labute approximate surface area is 113 Å². The lowest BCUT2D eigenvalue weighted by Gasteiger charge is -2.15. The van der Waals surface area contributed by atoms with Crippen molar-refractivity contribution in [2.24, 2.45) is 5.92 Å². The molecule has 0 aliphatic rings. The van der Waals surface area contributed by atoms with Crippen molar-refractivity contribution in [1.29, 1.82) is 0 Å². The Morgan fingerprint density at radius 2 is 2.11 bits per heavy atom. The Balaban J connectivity index is 1.97. The van der Waals surface area contributed by atoms with Crippen molar-refractivity contribution in [1.82, 2.24) is 4.98 Å². The van der Waals surface area contributed by atoms with Crippen molar-refractivity contribution in [3.8, 4) is 0 Å². The second kappa shape index (κ2) is 5.78. The van der Waals surface area contributed by atoms with E-state index in [1.54, 1.807) is 0 Å². The van der Waals surface area contributed by atoms with Gasteiger partial charge < -0.3 is 15.0 Å². The maximum absolute atomic E-state index is 11.8. The molecule has 4 nitrogen and oxygen atoms in total.